The van der Waals surface area contributed by atoms with Crippen LogP contribution in [-0.4, -0.2) is 43.6 Å². The van der Waals surface area contributed by atoms with Crippen LogP contribution in [0.5, 0.6) is 5.75 Å². The summed E-state index contributed by atoms with van der Waals surface area (Å²) in [6, 6.07) is 9.43. The number of aromatic nitrogens is 5. The Kier molecular flexibility index (Phi) is 5.69. The Morgan fingerprint density at radius 3 is 2.62 bits per heavy atom. The van der Waals surface area contributed by atoms with E-state index in [1.54, 1.807) is 16.5 Å². The quantitative estimate of drug-likeness (QED) is 0.505. The van der Waals surface area contributed by atoms with Gasteiger partial charge in [0.2, 0.25) is 0 Å². The summed E-state index contributed by atoms with van der Waals surface area (Å²) in [5.74, 6) is 0.587. The standard InChI is InChI=1S/C24H28N6O2/c1-14(10-18-13-29(4)27-15(18)2)25-24(31)20-12-21(17-8-7-9-19(11-17)32-6)26-23-22(20)16(3)28-30(23)5/h7-9,11-14H,10H2,1-6H3,(H,25,31)/t14-/m0/s1. The van der Waals surface area contributed by atoms with Gasteiger partial charge in [0.15, 0.2) is 5.65 Å². The van der Waals surface area contributed by atoms with E-state index in [1.807, 2.05) is 71.4 Å². The molecule has 0 aliphatic rings. The molecule has 1 atom stereocenters. The molecule has 0 spiro atoms. The molecule has 8 nitrogen and oxygen atoms in total. The van der Waals surface area contributed by atoms with Crippen LogP contribution < -0.4 is 10.1 Å². The molecule has 4 aromatic rings. The molecule has 0 bridgehead atoms. The second kappa shape index (κ2) is 8.45. The van der Waals surface area contributed by atoms with E-state index in [0.29, 0.717) is 23.3 Å². The summed E-state index contributed by atoms with van der Waals surface area (Å²) in [6.07, 6.45) is 2.70. The highest BCUT2D eigenvalue weighted by atomic mass is 16.5. The maximum absolute atomic E-state index is 13.4. The van der Waals surface area contributed by atoms with Gasteiger partial charge in [0.25, 0.3) is 5.91 Å². The van der Waals surface area contributed by atoms with E-state index in [9.17, 15) is 4.79 Å². The third kappa shape index (κ3) is 4.08. The smallest absolute Gasteiger partial charge is 0.252 e. The van der Waals surface area contributed by atoms with Crippen LogP contribution in [0.25, 0.3) is 22.3 Å². The second-order valence-corrected chi connectivity index (χ2v) is 8.19. The first kappa shape index (κ1) is 21.5. The maximum Gasteiger partial charge on any atom is 0.252 e. The van der Waals surface area contributed by atoms with Crippen LogP contribution in [0.2, 0.25) is 0 Å². The Labute approximate surface area is 187 Å². The number of ether oxygens (including phenoxy) is 1. The third-order valence-corrected chi connectivity index (χ3v) is 5.60. The Morgan fingerprint density at radius 1 is 1.16 bits per heavy atom. The van der Waals surface area contributed by atoms with Crippen molar-refractivity contribution in [2.24, 2.45) is 14.1 Å². The fourth-order valence-corrected chi connectivity index (χ4v) is 4.09. The summed E-state index contributed by atoms with van der Waals surface area (Å²) < 4.78 is 8.87. The number of pyridine rings is 1. The Hall–Kier alpha value is -3.68. The summed E-state index contributed by atoms with van der Waals surface area (Å²) in [4.78, 5) is 18.2. The second-order valence-electron chi connectivity index (χ2n) is 8.19. The predicted molar refractivity (Wildman–Crippen MR) is 124 cm³/mol. The lowest BCUT2D eigenvalue weighted by molar-refractivity contribution is 0.0941. The molecule has 0 fully saturated rings. The lowest BCUT2D eigenvalue weighted by atomic mass is 10.0. The molecule has 0 saturated heterocycles. The summed E-state index contributed by atoms with van der Waals surface area (Å²) in [6.45, 7) is 5.88. The van der Waals surface area contributed by atoms with Crippen molar-refractivity contribution in [3.8, 4) is 17.0 Å². The molecule has 0 unspecified atom stereocenters. The lowest BCUT2D eigenvalue weighted by Gasteiger charge is -2.15. The van der Waals surface area contributed by atoms with Gasteiger partial charge in [-0.05, 0) is 51.0 Å². The Bertz CT molecular complexity index is 1300. The molecular formula is C24H28N6O2. The number of hydrogen-bond acceptors (Lipinski definition) is 5. The maximum atomic E-state index is 13.4. The highest BCUT2D eigenvalue weighted by Crippen LogP contribution is 2.28. The van der Waals surface area contributed by atoms with Crippen LogP contribution in [0.4, 0.5) is 0 Å². The highest BCUT2D eigenvalue weighted by molar-refractivity contribution is 6.07. The van der Waals surface area contributed by atoms with Crippen LogP contribution in [-0.2, 0) is 20.5 Å². The van der Waals surface area contributed by atoms with Crippen molar-refractivity contribution in [2.45, 2.75) is 33.2 Å². The number of carbonyl (C=O) groups is 1. The fraction of sp³-hybridized carbons (Fsp3) is 0.333. The lowest BCUT2D eigenvalue weighted by Crippen LogP contribution is -2.34. The van der Waals surface area contributed by atoms with Crippen LogP contribution >= 0.6 is 0 Å². The van der Waals surface area contributed by atoms with Crippen LogP contribution in [0.15, 0.2) is 36.5 Å². The zero-order valence-corrected chi connectivity index (χ0v) is 19.3. The van der Waals surface area contributed by atoms with Crippen molar-refractivity contribution >= 4 is 16.9 Å². The first-order valence-corrected chi connectivity index (χ1v) is 10.6. The molecule has 1 aromatic carbocycles. The number of benzene rings is 1. The largest absolute Gasteiger partial charge is 0.497 e. The molecular weight excluding hydrogens is 404 g/mol. The molecule has 0 saturated carbocycles. The molecule has 4 rings (SSSR count). The van der Waals surface area contributed by atoms with Crippen LogP contribution in [0.3, 0.4) is 0 Å². The van der Waals surface area contributed by atoms with Crippen molar-refractivity contribution in [1.82, 2.24) is 29.9 Å². The van der Waals surface area contributed by atoms with Crippen molar-refractivity contribution in [1.29, 1.82) is 0 Å². The Morgan fingerprint density at radius 2 is 1.94 bits per heavy atom. The fourth-order valence-electron chi connectivity index (χ4n) is 4.09. The molecule has 1 N–H and O–H groups in total. The minimum Gasteiger partial charge on any atom is -0.497 e. The normalized spacial score (nSPS) is 12.2. The van der Waals surface area contributed by atoms with E-state index in [2.05, 4.69) is 15.5 Å². The molecule has 1 amide bonds. The number of rotatable bonds is 6. The van der Waals surface area contributed by atoms with Crippen molar-refractivity contribution < 1.29 is 9.53 Å². The van der Waals surface area contributed by atoms with Crippen molar-refractivity contribution in [3.05, 3.63) is 59.0 Å². The molecule has 0 aliphatic heterocycles. The minimum absolute atomic E-state index is 0.0640. The van der Waals surface area contributed by atoms with Crippen LogP contribution in [0.1, 0.15) is 34.2 Å². The summed E-state index contributed by atoms with van der Waals surface area (Å²) in [7, 11) is 5.37. The SMILES string of the molecule is COc1cccc(-c2cc(C(=O)N[C@@H](C)Cc3cn(C)nc3C)c3c(C)nn(C)c3n2)c1. The van der Waals surface area contributed by atoms with Gasteiger partial charge >= 0.3 is 0 Å². The van der Waals surface area contributed by atoms with Gasteiger partial charge in [-0.15, -0.1) is 0 Å². The number of nitrogens with zero attached hydrogens (tertiary/aromatic N) is 5. The molecule has 166 valence electrons. The van der Waals surface area contributed by atoms with Gasteiger partial charge in [-0.3, -0.25) is 14.2 Å². The average Bonchev–Trinajstić information content (AvgIpc) is 3.23. The van der Waals surface area contributed by atoms with E-state index in [-0.39, 0.29) is 11.9 Å². The number of hydrogen-bond donors (Lipinski definition) is 1. The molecule has 32 heavy (non-hydrogen) atoms. The van der Waals surface area contributed by atoms with Gasteiger partial charge in [-0.2, -0.15) is 10.2 Å². The average molecular weight is 433 g/mol. The van der Waals surface area contributed by atoms with Gasteiger partial charge in [-0.25, -0.2) is 4.98 Å². The molecule has 0 radical (unpaired) electrons. The molecule has 0 aliphatic carbocycles. The van der Waals surface area contributed by atoms with Gasteiger partial charge in [0.05, 0.1) is 35.1 Å². The van der Waals surface area contributed by atoms with Gasteiger partial charge in [0, 0.05) is 31.9 Å². The number of fused-ring (bicyclic) bond motifs is 1. The van der Waals surface area contributed by atoms with Crippen molar-refractivity contribution in [3.63, 3.8) is 0 Å². The number of aryl methyl sites for hydroxylation is 4. The van der Waals surface area contributed by atoms with E-state index >= 15 is 0 Å². The number of amides is 1. The summed E-state index contributed by atoms with van der Waals surface area (Å²) in [5, 5.41) is 12.8. The Balaban J connectivity index is 1.71. The predicted octanol–water partition coefficient (Wildman–Crippen LogP) is 3.36. The zero-order valence-electron chi connectivity index (χ0n) is 19.3. The van der Waals surface area contributed by atoms with Crippen LogP contribution in [0, 0.1) is 13.8 Å². The van der Waals surface area contributed by atoms with E-state index in [4.69, 9.17) is 9.72 Å². The molecule has 3 aromatic heterocycles. The first-order chi connectivity index (χ1) is 15.3. The highest BCUT2D eigenvalue weighted by Gasteiger charge is 2.21. The number of methoxy groups -OCH3 is 1. The van der Waals surface area contributed by atoms with Gasteiger partial charge in [0.1, 0.15) is 5.75 Å². The van der Waals surface area contributed by atoms with E-state index < -0.39 is 0 Å². The topological polar surface area (TPSA) is 86.9 Å². The number of nitrogens with one attached hydrogen (secondary N) is 1. The summed E-state index contributed by atoms with van der Waals surface area (Å²) in [5.41, 5.74) is 5.67. The zero-order chi connectivity index (χ0) is 23.0. The number of carbonyl (C=O) groups excluding carboxylic acids is 1. The molecule has 3 heterocycles. The van der Waals surface area contributed by atoms with Gasteiger partial charge in [-0.1, -0.05) is 12.1 Å². The minimum atomic E-state index is -0.147. The van der Waals surface area contributed by atoms with Crippen molar-refractivity contribution in [2.75, 3.05) is 7.11 Å². The summed E-state index contributed by atoms with van der Waals surface area (Å²) >= 11 is 0. The van der Waals surface area contributed by atoms with Gasteiger partial charge < -0.3 is 10.1 Å². The monoisotopic (exact) mass is 432 g/mol. The molecule has 8 heteroatoms. The van der Waals surface area contributed by atoms with E-state index in [1.165, 1.54) is 0 Å². The first-order valence-electron chi connectivity index (χ1n) is 10.6. The third-order valence-electron chi connectivity index (χ3n) is 5.60. The van der Waals surface area contributed by atoms with E-state index in [0.717, 1.165) is 33.7 Å².